The number of rotatable bonds is 4. The number of urea groups is 1. The maximum absolute atomic E-state index is 12.8. The molecule has 0 saturated carbocycles. The summed E-state index contributed by atoms with van der Waals surface area (Å²) in [4.78, 5) is 34.7. The molecule has 36 heavy (non-hydrogen) atoms. The molecule has 2 aromatic carbocycles. The second kappa shape index (κ2) is 9.59. The summed E-state index contributed by atoms with van der Waals surface area (Å²) in [7, 11) is 0. The van der Waals surface area contributed by atoms with E-state index in [1.807, 2.05) is 36.4 Å². The minimum atomic E-state index is -0.189. The fourth-order valence-corrected chi connectivity index (χ4v) is 5.23. The Balaban J connectivity index is 1.08. The molecule has 1 N–H and O–H groups in total. The molecule has 4 aromatic rings. The average molecular weight is 505 g/mol. The highest BCUT2D eigenvalue weighted by Gasteiger charge is 2.23. The predicted molar refractivity (Wildman–Crippen MR) is 136 cm³/mol. The van der Waals surface area contributed by atoms with Crippen LogP contribution in [-0.2, 0) is 6.54 Å². The van der Waals surface area contributed by atoms with Crippen LogP contribution >= 0.6 is 11.3 Å². The number of aromatic nitrogens is 3. The number of nitrogens with one attached hydrogen (secondary N) is 1. The van der Waals surface area contributed by atoms with Crippen molar-refractivity contribution in [3.8, 4) is 22.1 Å². The van der Waals surface area contributed by atoms with Crippen LogP contribution in [0.15, 0.2) is 59.4 Å². The quantitative estimate of drug-likeness (QED) is 0.456. The number of ether oxygens (including phenoxy) is 2. The lowest BCUT2D eigenvalue weighted by molar-refractivity contribution is 0.142. The summed E-state index contributed by atoms with van der Waals surface area (Å²) >= 11 is 1.40. The van der Waals surface area contributed by atoms with Crippen LogP contribution in [0.3, 0.4) is 0 Å². The van der Waals surface area contributed by atoms with Crippen molar-refractivity contribution in [2.75, 3.05) is 44.7 Å². The maximum atomic E-state index is 12.8. The number of hydrogen-bond donors (Lipinski definition) is 1. The Morgan fingerprint density at radius 3 is 2.56 bits per heavy atom. The number of anilines is 1. The zero-order valence-corrected chi connectivity index (χ0v) is 20.2. The van der Waals surface area contributed by atoms with Crippen molar-refractivity contribution in [1.29, 1.82) is 0 Å². The third-order valence-corrected chi connectivity index (χ3v) is 7.11. The fourth-order valence-electron chi connectivity index (χ4n) is 4.30. The molecule has 11 heteroatoms. The zero-order chi connectivity index (χ0) is 24.5. The molecule has 0 spiro atoms. The van der Waals surface area contributed by atoms with E-state index >= 15 is 0 Å². The third-order valence-electron chi connectivity index (χ3n) is 6.16. The molecular weight excluding hydrogens is 480 g/mol. The van der Waals surface area contributed by atoms with Crippen molar-refractivity contribution < 1.29 is 14.3 Å². The van der Waals surface area contributed by atoms with Crippen LogP contribution in [0.4, 0.5) is 10.5 Å². The molecule has 1 saturated heterocycles. The van der Waals surface area contributed by atoms with Crippen LogP contribution in [0.2, 0.25) is 0 Å². The number of fused-ring (bicyclic) bond motifs is 2. The van der Waals surface area contributed by atoms with Gasteiger partial charge in [0.15, 0.2) is 11.5 Å². The van der Waals surface area contributed by atoms with Crippen molar-refractivity contribution in [2.24, 2.45) is 0 Å². The first-order valence-corrected chi connectivity index (χ1v) is 12.6. The zero-order valence-electron chi connectivity index (χ0n) is 19.4. The van der Waals surface area contributed by atoms with Gasteiger partial charge in [-0.2, -0.15) is 9.61 Å². The Bertz CT molecular complexity index is 1460. The van der Waals surface area contributed by atoms with Crippen molar-refractivity contribution in [3.05, 3.63) is 70.6 Å². The Kier molecular flexibility index (Phi) is 5.99. The van der Waals surface area contributed by atoms with E-state index in [1.165, 1.54) is 15.9 Å². The van der Waals surface area contributed by atoms with Crippen LogP contribution < -0.4 is 20.3 Å². The lowest BCUT2D eigenvalue weighted by Gasteiger charge is -2.34. The number of carbonyl (C=O) groups is 1. The highest BCUT2D eigenvalue weighted by atomic mass is 32.1. The molecule has 2 aromatic heterocycles. The van der Waals surface area contributed by atoms with Gasteiger partial charge in [-0.3, -0.25) is 9.69 Å². The second-order valence-corrected chi connectivity index (χ2v) is 9.56. The fraction of sp³-hybridized carbons (Fsp3) is 0.280. The van der Waals surface area contributed by atoms with E-state index in [-0.39, 0.29) is 11.6 Å². The third kappa shape index (κ3) is 4.62. The van der Waals surface area contributed by atoms with Crippen LogP contribution in [0, 0.1) is 0 Å². The van der Waals surface area contributed by atoms with Gasteiger partial charge in [0.05, 0.1) is 5.69 Å². The minimum Gasteiger partial charge on any atom is -0.486 e. The molecule has 0 bridgehead atoms. The first-order chi connectivity index (χ1) is 17.6. The lowest BCUT2D eigenvalue weighted by atomic mass is 10.2. The first-order valence-electron chi connectivity index (χ1n) is 11.8. The topological polar surface area (TPSA) is 101 Å². The summed E-state index contributed by atoms with van der Waals surface area (Å²) in [5, 5.41) is 8.14. The highest BCUT2D eigenvalue weighted by Crippen LogP contribution is 2.32. The van der Waals surface area contributed by atoms with E-state index in [1.54, 1.807) is 23.1 Å². The molecule has 2 amide bonds. The van der Waals surface area contributed by atoms with Gasteiger partial charge >= 0.3 is 6.03 Å². The van der Waals surface area contributed by atoms with E-state index in [2.05, 4.69) is 20.3 Å². The van der Waals surface area contributed by atoms with E-state index in [0.29, 0.717) is 73.8 Å². The predicted octanol–water partition coefficient (Wildman–Crippen LogP) is 2.94. The Morgan fingerprint density at radius 1 is 0.972 bits per heavy atom. The van der Waals surface area contributed by atoms with Gasteiger partial charge in [0, 0.05) is 56.1 Å². The number of amides is 2. The summed E-state index contributed by atoms with van der Waals surface area (Å²) < 4.78 is 12.5. The molecule has 0 radical (unpaired) electrons. The largest absolute Gasteiger partial charge is 0.486 e. The molecule has 184 valence electrons. The smallest absolute Gasteiger partial charge is 0.321 e. The Morgan fingerprint density at radius 2 is 1.75 bits per heavy atom. The molecular formula is C25H24N6O4S. The van der Waals surface area contributed by atoms with Gasteiger partial charge < -0.3 is 19.7 Å². The SMILES string of the molecule is O=C(Nc1ccc2c(c1)OCCO2)N1CCN(Cc2cc(=O)n3nc(-c4ccccc4)sc3n2)CC1. The first kappa shape index (κ1) is 22.5. The number of piperazine rings is 1. The van der Waals surface area contributed by atoms with Crippen LogP contribution in [-0.4, -0.2) is 69.8 Å². The molecule has 6 rings (SSSR count). The van der Waals surface area contributed by atoms with Crippen LogP contribution in [0.1, 0.15) is 5.69 Å². The number of nitrogens with zero attached hydrogens (tertiary/aromatic N) is 5. The van der Waals surface area contributed by atoms with Crippen molar-refractivity contribution in [2.45, 2.75) is 6.54 Å². The van der Waals surface area contributed by atoms with E-state index < -0.39 is 0 Å². The van der Waals surface area contributed by atoms with Gasteiger partial charge in [0.2, 0.25) is 4.96 Å². The Labute approximate surface area is 210 Å². The summed E-state index contributed by atoms with van der Waals surface area (Å²) in [6.07, 6.45) is 0. The summed E-state index contributed by atoms with van der Waals surface area (Å²) in [5.41, 5.74) is 2.15. The molecule has 1 fully saturated rings. The Hall–Kier alpha value is -3.96. The van der Waals surface area contributed by atoms with E-state index in [9.17, 15) is 9.59 Å². The van der Waals surface area contributed by atoms with Gasteiger partial charge in [0.1, 0.15) is 18.2 Å². The molecule has 2 aliphatic rings. The van der Waals surface area contributed by atoms with Gasteiger partial charge in [-0.25, -0.2) is 9.78 Å². The van der Waals surface area contributed by atoms with Gasteiger partial charge in [-0.15, -0.1) is 0 Å². The van der Waals surface area contributed by atoms with Crippen LogP contribution in [0.25, 0.3) is 15.5 Å². The standard InChI is InChI=1S/C25H24N6O4S/c32-22-15-19(27-25-31(22)28-23(36-25)17-4-2-1-3-5-17)16-29-8-10-30(11-9-29)24(33)26-18-6-7-20-21(14-18)35-13-12-34-20/h1-7,14-15H,8-13,16H2,(H,26,33). The highest BCUT2D eigenvalue weighted by molar-refractivity contribution is 7.19. The van der Waals surface area contributed by atoms with Gasteiger partial charge in [-0.05, 0) is 12.1 Å². The van der Waals surface area contributed by atoms with Crippen LogP contribution in [0.5, 0.6) is 11.5 Å². The molecule has 0 aliphatic carbocycles. The molecule has 2 aliphatic heterocycles. The maximum Gasteiger partial charge on any atom is 0.321 e. The lowest BCUT2D eigenvalue weighted by Crippen LogP contribution is -2.49. The van der Waals surface area contributed by atoms with Gasteiger partial charge in [0.25, 0.3) is 5.56 Å². The molecule has 10 nitrogen and oxygen atoms in total. The molecule has 0 unspecified atom stereocenters. The summed E-state index contributed by atoms with van der Waals surface area (Å²) in [6.45, 7) is 4.10. The normalized spacial score (nSPS) is 15.7. The second-order valence-electron chi connectivity index (χ2n) is 8.61. The van der Waals surface area contributed by atoms with Crippen molar-refractivity contribution >= 4 is 28.0 Å². The van der Waals surface area contributed by atoms with E-state index in [4.69, 9.17) is 9.47 Å². The van der Waals surface area contributed by atoms with Gasteiger partial charge in [-0.1, -0.05) is 41.7 Å². The number of hydrogen-bond acceptors (Lipinski definition) is 8. The van der Waals surface area contributed by atoms with Crippen molar-refractivity contribution in [1.82, 2.24) is 24.4 Å². The minimum absolute atomic E-state index is 0.151. The molecule has 4 heterocycles. The van der Waals surface area contributed by atoms with Crippen molar-refractivity contribution in [3.63, 3.8) is 0 Å². The summed E-state index contributed by atoms with van der Waals surface area (Å²) in [5.74, 6) is 1.33. The number of benzene rings is 2. The van der Waals surface area contributed by atoms with E-state index in [0.717, 1.165) is 10.6 Å². The average Bonchev–Trinajstić information content (AvgIpc) is 3.34. The number of carbonyl (C=O) groups excluding carboxylic acids is 1. The molecule has 0 atom stereocenters. The summed E-state index contributed by atoms with van der Waals surface area (Å²) in [6, 6.07) is 16.6. The monoisotopic (exact) mass is 504 g/mol.